The maximum atomic E-state index is 13.3. The van der Waals surface area contributed by atoms with Crippen molar-refractivity contribution in [1.82, 2.24) is 5.32 Å². The minimum absolute atomic E-state index is 0.0391. The third-order valence-electron chi connectivity index (χ3n) is 2.24. The molecule has 0 aliphatic carbocycles. The number of aliphatic hydroxyl groups is 1. The molecule has 1 amide bonds. The zero-order valence-corrected chi connectivity index (χ0v) is 9.70. The molecule has 4 nitrogen and oxygen atoms in total. The van der Waals surface area contributed by atoms with Crippen molar-refractivity contribution in [3.05, 3.63) is 29.6 Å². The van der Waals surface area contributed by atoms with Crippen molar-refractivity contribution in [2.75, 3.05) is 20.3 Å². The van der Waals surface area contributed by atoms with Gasteiger partial charge in [0.25, 0.3) is 0 Å². The Hall–Kier alpha value is -1.62. The molecule has 0 aromatic heterocycles. The first-order valence-corrected chi connectivity index (χ1v) is 5.37. The van der Waals surface area contributed by atoms with Crippen LogP contribution in [0.1, 0.15) is 12.0 Å². The van der Waals surface area contributed by atoms with Crippen LogP contribution in [-0.4, -0.2) is 31.3 Å². The van der Waals surface area contributed by atoms with Gasteiger partial charge in [0, 0.05) is 13.2 Å². The Morgan fingerprint density at radius 2 is 2.29 bits per heavy atom. The average Bonchev–Trinajstić information content (AvgIpc) is 2.29. The summed E-state index contributed by atoms with van der Waals surface area (Å²) in [5.74, 6) is -0.509. The number of rotatable bonds is 6. The largest absolute Gasteiger partial charge is 0.494 e. The van der Waals surface area contributed by atoms with Gasteiger partial charge in [0.15, 0.2) is 11.6 Å². The number of amides is 1. The minimum atomic E-state index is -0.479. The number of aliphatic hydroxyl groups excluding tert-OH is 1. The Labute approximate surface area is 99.4 Å². The first kappa shape index (κ1) is 13.4. The highest BCUT2D eigenvalue weighted by atomic mass is 19.1. The molecular weight excluding hydrogens is 225 g/mol. The maximum Gasteiger partial charge on any atom is 0.224 e. The molecule has 0 unspecified atom stereocenters. The summed E-state index contributed by atoms with van der Waals surface area (Å²) in [6, 6.07) is 4.42. The number of halogens is 1. The predicted octanol–water partition coefficient (Wildman–Crippen LogP) is 0.875. The molecule has 1 aromatic rings. The lowest BCUT2D eigenvalue weighted by Gasteiger charge is -2.06. The Morgan fingerprint density at radius 3 is 2.88 bits per heavy atom. The number of carbonyl (C=O) groups excluding carboxylic acids is 1. The van der Waals surface area contributed by atoms with E-state index in [1.165, 1.54) is 19.2 Å². The molecule has 1 aromatic carbocycles. The lowest BCUT2D eigenvalue weighted by atomic mass is 10.1. The van der Waals surface area contributed by atoms with Crippen LogP contribution in [0.2, 0.25) is 0 Å². The van der Waals surface area contributed by atoms with Crippen molar-refractivity contribution in [2.24, 2.45) is 0 Å². The Bertz CT molecular complexity index is 382. The molecule has 0 atom stereocenters. The van der Waals surface area contributed by atoms with Gasteiger partial charge in [-0.1, -0.05) is 6.07 Å². The summed E-state index contributed by atoms with van der Waals surface area (Å²) in [5.41, 5.74) is 0.588. The van der Waals surface area contributed by atoms with Gasteiger partial charge in [-0.25, -0.2) is 4.39 Å². The van der Waals surface area contributed by atoms with Gasteiger partial charge in [0.05, 0.1) is 13.5 Å². The van der Waals surface area contributed by atoms with E-state index < -0.39 is 5.82 Å². The smallest absolute Gasteiger partial charge is 0.224 e. The van der Waals surface area contributed by atoms with Crippen molar-refractivity contribution in [3.63, 3.8) is 0 Å². The highest BCUT2D eigenvalue weighted by molar-refractivity contribution is 5.78. The van der Waals surface area contributed by atoms with E-state index in [1.807, 2.05) is 0 Å². The second-order valence-electron chi connectivity index (χ2n) is 3.57. The second kappa shape index (κ2) is 6.85. The predicted molar refractivity (Wildman–Crippen MR) is 61.4 cm³/mol. The number of benzene rings is 1. The number of hydrogen-bond acceptors (Lipinski definition) is 3. The topological polar surface area (TPSA) is 58.6 Å². The van der Waals surface area contributed by atoms with Gasteiger partial charge >= 0.3 is 0 Å². The van der Waals surface area contributed by atoms with Crippen LogP contribution in [0.3, 0.4) is 0 Å². The van der Waals surface area contributed by atoms with Gasteiger partial charge in [-0.05, 0) is 24.1 Å². The molecule has 0 fully saturated rings. The summed E-state index contributed by atoms with van der Waals surface area (Å²) >= 11 is 0. The van der Waals surface area contributed by atoms with Crippen molar-refractivity contribution < 1.29 is 19.0 Å². The van der Waals surface area contributed by atoms with Gasteiger partial charge in [-0.2, -0.15) is 0 Å². The Kier molecular flexibility index (Phi) is 5.42. The average molecular weight is 241 g/mol. The van der Waals surface area contributed by atoms with Crippen LogP contribution in [0, 0.1) is 5.82 Å². The van der Waals surface area contributed by atoms with Crippen molar-refractivity contribution in [2.45, 2.75) is 12.8 Å². The van der Waals surface area contributed by atoms with Crippen LogP contribution in [0.15, 0.2) is 18.2 Å². The standard InChI is InChI=1S/C12H16FNO3/c1-17-11-4-3-9(7-10(11)13)8-12(16)14-5-2-6-15/h3-4,7,15H,2,5-6,8H2,1H3,(H,14,16). The summed E-state index contributed by atoms with van der Waals surface area (Å²) < 4.78 is 18.1. The maximum absolute atomic E-state index is 13.3. The lowest BCUT2D eigenvalue weighted by Crippen LogP contribution is -2.26. The van der Waals surface area contributed by atoms with Gasteiger partial charge in [0.2, 0.25) is 5.91 Å². The van der Waals surface area contributed by atoms with Crippen molar-refractivity contribution in [1.29, 1.82) is 0 Å². The molecular formula is C12H16FNO3. The van der Waals surface area contributed by atoms with E-state index in [-0.39, 0.29) is 24.7 Å². The fraction of sp³-hybridized carbons (Fsp3) is 0.417. The molecule has 0 bridgehead atoms. The zero-order valence-electron chi connectivity index (χ0n) is 9.70. The monoisotopic (exact) mass is 241 g/mol. The summed E-state index contributed by atoms with van der Waals surface area (Å²) in [6.07, 6.45) is 0.634. The SMILES string of the molecule is COc1ccc(CC(=O)NCCCO)cc1F. The quantitative estimate of drug-likeness (QED) is 0.727. The molecule has 17 heavy (non-hydrogen) atoms. The Morgan fingerprint density at radius 1 is 1.53 bits per heavy atom. The van der Waals surface area contributed by atoms with Crippen LogP contribution < -0.4 is 10.1 Å². The molecule has 1 rings (SSSR count). The molecule has 5 heteroatoms. The summed E-state index contributed by atoms with van der Waals surface area (Å²) in [6.45, 7) is 0.464. The highest BCUT2D eigenvalue weighted by Crippen LogP contribution is 2.17. The first-order chi connectivity index (χ1) is 8.17. The van der Waals surface area contributed by atoms with Crippen molar-refractivity contribution in [3.8, 4) is 5.75 Å². The van der Waals surface area contributed by atoms with Crippen LogP contribution >= 0.6 is 0 Å². The fourth-order valence-electron chi connectivity index (χ4n) is 1.37. The number of hydrogen-bond donors (Lipinski definition) is 2. The number of nitrogens with one attached hydrogen (secondary N) is 1. The third-order valence-corrected chi connectivity index (χ3v) is 2.24. The van der Waals surface area contributed by atoms with E-state index in [0.29, 0.717) is 18.5 Å². The second-order valence-corrected chi connectivity index (χ2v) is 3.57. The molecule has 0 saturated heterocycles. The normalized spacial score (nSPS) is 10.1. The molecule has 0 aliphatic heterocycles. The zero-order chi connectivity index (χ0) is 12.7. The molecule has 0 saturated carbocycles. The van der Waals surface area contributed by atoms with E-state index in [9.17, 15) is 9.18 Å². The van der Waals surface area contributed by atoms with Gasteiger partial charge in [0.1, 0.15) is 0 Å². The van der Waals surface area contributed by atoms with E-state index in [0.717, 1.165) is 0 Å². The van der Waals surface area contributed by atoms with Gasteiger partial charge in [-0.3, -0.25) is 4.79 Å². The summed E-state index contributed by atoms with van der Waals surface area (Å²) in [7, 11) is 1.39. The number of carbonyl (C=O) groups is 1. The fourth-order valence-corrected chi connectivity index (χ4v) is 1.37. The van der Waals surface area contributed by atoms with E-state index in [1.54, 1.807) is 6.07 Å². The third kappa shape index (κ3) is 4.40. The molecule has 0 heterocycles. The van der Waals surface area contributed by atoms with Gasteiger partial charge in [-0.15, -0.1) is 0 Å². The minimum Gasteiger partial charge on any atom is -0.494 e. The van der Waals surface area contributed by atoms with Crippen molar-refractivity contribution >= 4 is 5.91 Å². The first-order valence-electron chi connectivity index (χ1n) is 5.37. The molecule has 94 valence electrons. The van der Waals surface area contributed by atoms with Gasteiger partial charge < -0.3 is 15.2 Å². The number of ether oxygens (including phenoxy) is 1. The number of methoxy groups -OCH3 is 1. The van der Waals surface area contributed by atoms with Crippen LogP contribution in [0.25, 0.3) is 0 Å². The van der Waals surface area contributed by atoms with Crippen LogP contribution in [0.4, 0.5) is 4.39 Å². The van der Waals surface area contributed by atoms with E-state index >= 15 is 0 Å². The van der Waals surface area contributed by atoms with Crippen LogP contribution in [-0.2, 0) is 11.2 Å². The summed E-state index contributed by atoms with van der Waals surface area (Å²) in [5, 5.41) is 11.2. The molecule has 0 aliphatic rings. The Balaban J connectivity index is 2.51. The highest BCUT2D eigenvalue weighted by Gasteiger charge is 2.07. The summed E-state index contributed by atoms with van der Waals surface area (Å²) in [4.78, 5) is 11.4. The molecule has 0 radical (unpaired) electrons. The van der Waals surface area contributed by atoms with E-state index in [4.69, 9.17) is 9.84 Å². The van der Waals surface area contributed by atoms with E-state index in [2.05, 4.69) is 5.32 Å². The molecule has 2 N–H and O–H groups in total. The van der Waals surface area contributed by atoms with Crippen LogP contribution in [0.5, 0.6) is 5.75 Å². The molecule has 0 spiro atoms. The lowest BCUT2D eigenvalue weighted by molar-refractivity contribution is -0.120.